The van der Waals surface area contributed by atoms with Crippen molar-refractivity contribution < 1.29 is 9.18 Å². The van der Waals surface area contributed by atoms with Crippen molar-refractivity contribution in [1.82, 2.24) is 4.98 Å². The van der Waals surface area contributed by atoms with Gasteiger partial charge < -0.3 is 0 Å². The first-order valence-electron chi connectivity index (χ1n) is 9.14. The second-order valence-corrected chi connectivity index (χ2v) is 8.54. The summed E-state index contributed by atoms with van der Waals surface area (Å²) in [5.74, 6) is -0.639. The molecule has 7 heteroatoms. The summed E-state index contributed by atoms with van der Waals surface area (Å²) in [5, 5.41) is 10.1. The van der Waals surface area contributed by atoms with Crippen molar-refractivity contribution in [2.75, 3.05) is 5.01 Å². The number of hydrazone groups is 1. The molecule has 30 heavy (non-hydrogen) atoms. The van der Waals surface area contributed by atoms with Gasteiger partial charge in [-0.3, -0.25) is 4.79 Å². The number of thiophene rings is 1. The number of aromatic nitrogens is 1. The first-order valence-corrected chi connectivity index (χ1v) is 10.8. The largest absolute Gasteiger partial charge is 0.280 e. The number of hydrogen-bond donors (Lipinski definition) is 0. The molecule has 0 atom stereocenters. The molecule has 0 saturated heterocycles. The maximum absolute atomic E-state index is 13.6. The molecule has 1 amide bonds. The Bertz CT molecular complexity index is 1390. The fourth-order valence-electron chi connectivity index (χ4n) is 3.09. The molecular formula is C23H14FN3OS2. The number of rotatable bonds is 4. The monoisotopic (exact) mass is 431 g/mol. The Morgan fingerprint density at radius 1 is 1.00 bits per heavy atom. The summed E-state index contributed by atoms with van der Waals surface area (Å²) in [7, 11) is 0. The third-order valence-electron chi connectivity index (χ3n) is 4.55. The zero-order valence-corrected chi connectivity index (χ0v) is 17.2. The van der Waals surface area contributed by atoms with Gasteiger partial charge in [0, 0.05) is 10.4 Å². The van der Waals surface area contributed by atoms with Gasteiger partial charge in [0.05, 0.1) is 16.4 Å². The number of halogens is 1. The number of nitrogens with zero attached hydrogens (tertiary/aromatic N) is 3. The average molecular weight is 432 g/mol. The number of thiazole rings is 1. The minimum atomic E-state index is -0.341. The highest BCUT2D eigenvalue weighted by Gasteiger charge is 2.21. The van der Waals surface area contributed by atoms with E-state index in [1.54, 1.807) is 18.3 Å². The summed E-state index contributed by atoms with van der Waals surface area (Å²) in [6, 6.07) is 21.6. The van der Waals surface area contributed by atoms with Crippen LogP contribution in [0.15, 0.2) is 83.3 Å². The van der Waals surface area contributed by atoms with E-state index in [4.69, 9.17) is 0 Å². The lowest BCUT2D eigenvalue weighted by atomic mass is 10.1. The van der Waals surface area contributed by atoms with Gasteiger partial charge in [-0.05, 0) is 52.6 Å². The Kier molecular flexibility index (Phi) is 4.82. The van der Waals surface area contributed by atoms with Gasteiger partial charge in [0.25, 0.3) is 5.91 Å². The highest BCUT2D eigenvalue weighted by atomic mass is 32.1. The van der Waals surface area contributed by atoms with Crippen LogP contribution in [0, 0.1) is 5.82 Å². The van der Waals surface area contributed by atoms with Gasteiger partial charge >= 0.3 is 0 Å². The molecule has 0 saturated carbocycles. The topological polar surface area (TPSA) is 45.6 Å². The van der Waals surface area contributed by atoms with Crippen molar-refractivity contribution in [1.29, 1.82) is 0 Å². The van der Waals surface area contributed by atoms with Gasteiger partial charge in [0.15, 0.2) is 0 Å². The summed E-state index contributed by atoms with van der Waals surface area (Å²) < 4.78 is 14.3. The Morgan fingerprint density at radius 2 is 1.87 bits per heavy atom. The number of carbonyl (C=O) groups is 1. The van der Waals surface area contributed by atoms with Crippen molar-refractivity contribution >= 4 is 60.9 Å². The van der Waals surface area contributed by atoms with Crippen molar-refractivity contribution in [2.45, 2.75) is 0 Å². The van der Waals surface area contributed by atoms with Crippen LogP contribution in [0.2, 0.25) is 0 Å². The fraction of sp³-hybridized carbons (Fsp3) is 0. The van der Waals surface area contributed by atoms with Gasteiger partial charge in [-0.15, -0.1) is 11.3 Å². The van der Waals surface area contributed by atoms with E-state index in [0.29, 0.717) is 20.9 Å². The van der Waals surface area contributed by atoms with Gasteiger partial charge in [0.2, 0.25) is 5.13 Å². The van der Waals surface area contributed by atoms with E-state index in [1.165, 1.54) is 39.8 Å². The summed E-state index contributed by atoms with van der Waals surface area (Å²) in [5.41, 5.74) is 1.13. The number of fused-ring (bicyclic) bond motifs is 2. The molecule has 0 aliphatic rings. The third kappa shape index (κ3) is 3.60. The number of hydrogen-bond acceptors (Lipinski definition) is 5. The smallest absolute Gasteiger partial charge is 0.267 e. The molecule has 0 fully saturated rings. The zero-order valence-electron chi connectivity index (χ0n) is 15.5. The molecule has 3 aromatic carbocycles. The van der Waals surface area contributed by atoms with Crippen LogP contribution in [0.4, 0.5) is 9.52 Å². The maximum atomic E-state index is 13.6. The lowest BCUT2D eigenvalue weighted by Crippen LogP contribution is -2.25. The first kappa shape index (κ1) is 18.6. The number of benzene rings is 3. The summed E-state index contributed by atoms with van der Waals surface area (Å²) in [6.45, 7) is 0. The first-order chi connectivity index (χ1) is 14.7. The standard InChI is InChI=1S/C23H14FN3OS2/c24-18-9-10-20-21(13-18)30-23(26-20)27(25-14-19-6-3-11-29-19)22(28)17-8-7-15-4-1-2-5-16(15)12-17/h1-14H/b25-14+. The number of amides is 1. The molecule has 0 bridgehead atoms. The molecule has 0 unspecified atom stereocenters. The van der Waals surface area contributed by atoms with Crippen LogP contribution in [0.5, 0.6) is 0 Å². The Labute approximate surface area is 179 Å². The molecule has 2 heterocycles. The molecule has 0 aliphatic heterocycles. The molecular weight excluding hydrogens is 417 g/mol. The van der Waals surface area contributed by atoms with Crippen molar-refractivity contribution in [3.8, 4) is 0 Å². The summed E-state index contributed by atoms with van der Waals surface area (Å²) in [6.07, 6.45) is 1.64. The normalized spacial score (nSPS) is 11.5. The Morgan fingerprint density at radius 3 is 2.70 bits per heavy atom. The quantitative estimate of drug-likeness (QED) is 0.246. The predicted octanol–water partition coefficient (Wildman–Crippen LogP) is 6.33. The lowest BCUT2D eigenvalue weighted by molar-refractivity contribution is 0.0988. The van der Waals surface area contributed by atoms with Crippen LogP contribution >= 0.6 is 22.7 Å². The molecule has 5 aromatic rings. The summed E-state index contributed by atoms with van der Waals surface area (Å²) in [4.78, 5) is 18.8. The van der Waals surface area contributed by atoms with E-state index in [0.717, 1.165) is 15.6 Å². The molecule has 0 spiro atoms. The van der Waals surface area contributed by atoms with Crippen LogP contribution in [-0.2, 0) is 0 Å². The predicted molar refractivity (Wildman–Crippen MR) is 122 cm³/mol. The van der Waals surface area contributed by atoms with Crippen LogP contribution < -0.4 is 5.01 Å². The second kappa shape index (κ2) is 7.78. The molecule has 0 N–H and O–H groups in total. The van der Waals surface area contributed by atoms with E-state index in [2.05, 4.69) is 10.1 Å². The van der Waals surface area contributed by atoms with Crippen molar-refractivity contribution in [3.63, 3.8) is 0 Å². The van der Waals surface area contributed by atoms with Crippen LogP contribution in [-0.4, -0.2) is 17.1 Å². The van der Waals surface area contributed by atoms with Crippen LogP contribution in [0.25, 0.3) is 21.0 Å². The van der Waals surface area contributed by atoms with Crippen molar-refractivity contribution in [3.05, 3.63) is 94.4 Å². The van der Waals surface area contributed by atoms with Gasteiger partial charge in [0.1, 0.15) is 5.82 Å². The minimum Gasteiger partial charge on any atom is -0.267 e. The SMILES string of the molecule is O=C(c1ccc2ccccc2c1)N(/N=C/c1cccs1)c1nc2ccc(F)cc2s1. The summed E-state index contributed by atoms with van der Waals surface area (Å²) >= 11 is 2.75. The van der Waals surface area contributed by atoms with E-state index < -0.39 is 0 Å². The van der Waals surface area contributed by atoms with Crippen LogP contribution in [0.1, 0.15) is 15.2 Å². The van der Waals surface area contributed by atoms with Gasteiger partial charge in [-0.1, -0.05) is 47.7 Å². The lowest BCUT2D eigenvalue weighted by Gasteiger charge is -2.14. The van der Waals surface area contributed by atoms with E-state index in [1.807, 2.05) is 53.9 Å². The zero-order chi connectivity index (χ0) is 20.5. The molecule has 146 valence electrons. The molecule has 0 aliphatic carbocycles. The second-order valence-electron chi connectivity index (χ2n) is 6.55. The molecule has 4 nitrogen and oxygen atoms in total. The van der Waals surface area contributed by atoms with E-state index >= 15 is 0 Å². The highest BCUT2D eigenvalue weighted by Crippen LogP contribution is 2.31. The van der Waals surface area contributed by atoms with Crippen molar-refractivity contribution in [2.24, 2.45) is 5.10 Å². The van der Waals surface area contributed by atoms with E-state index in [-0.39, 0.29) is 11.7 Å². The Hall–Kier alpha value is -3.42. The van der Waals surface area contributed by atoms with Gasteiger partial charge in [-0.2, -0.15) is 10.1 Å². The average Bonchev–Trinajstić information content (AvgIpc) is 3.43. The third-order valence-corrected chi connectivity index (χ3v) is 6.35. The highest BCUT2D eigenvalue weighted by molar-refractivity contribution is 7.22. The van der Waals surface area contributed by atoms with Gasteiger partial charge in [-0.25, -0.2) is 9.37 Å². The number of carbonyl (C=O) groups excluding carboxylic acids is 1. The molecule has 5 rings (SSSR count). The molecule has 0 radical (unpaired) electrons. The van der Waals surface area contributed by atoms with E-state index in [9.17, 15) is 9.18 Å². The Balaban J connectivity index is 1.59. The molecule has 2 aromatic heterocycles. The maximum Gasteiger partial charge on any atom is 0.280 e. The fourth-order valence-corrected chi connectivity index (χ4v) is 4.62. The van der Waals surface area contributed by atoms with Crippen LogP contribution in [0.3, 0.4) is 0 Å². The minimum absolute atomic E-state index is 0.298. The number of anilines is 1.